The monoisotopic (exact) mass is 386 g/mol. The average Bonchev–Trinajstić information content (AvgIpc) is 3.01. The lowest BCUT2D eigenvalue weighted by atomic mass is 10.3. The van der Waals surface area contributed by atoms with Gasteiger partial charge in [-0.2, -0.15) is 9.78 Å². The summed E-state index contributed by atoms with van der Waals surface area (Å²) >= 11 is 7.59. The van der Waals surface area contributed by atoms with E-state index >= 15 is 0 Å². The highest BCUT2D eigenvalue weighted by Gasteiger charge is 2.11. The van der Waals surface area contributed by atoms with E-state index in [0.717, 1.165) is 27.8 Å². The molecule has 1 N–H and O–H groups in total. The summed E-state index contributed by atoms with van der Waals surface area (Å²) in [5.41, 5.74) is 0.823. The van der Waals surface area contributed by atoms with Crippen LogP contribution in [0, 0.1) is 6.92 Å². The second-order valence-corrected chi connectivity index (χ2v) is 7.33. The van der Waals surface area contributed by atoms with Gasteiger partial charge in [0.1, 0.15) is 5.82 Å². The smallest absolute Gasteiger partial charge is 0.225 e. The molecule has 134 valence electrons. The van der Waals surface area contributed by atoms with Crippen LogP contribution >= 0.6 is 23.4 Å². The van der Waals surface area contributed by atoms with Gasteiger partial charge in [-0.3, -0.25) is 4.79 Å². The van der Waals surface area contributed by atoms with Crippen molar-refractivity contribution >= 4 is 35.1 Å². The predicted octanol–water partition coefficient (Wildman–Crippen LogP) is 4.74. The number of aryl methyl sites for hydroxylation is 1. The number of anilines is 1. The second kappa shape index (κ2) is 8.87. The van der Waals surface area contributed by atoms with Crippen molar-refractivity contribution in [3.63, 3.8) is 0 Å². The molecule has 3 aromatic rings. The number of carbonyl (C=O) groups excluding carboxylic acids is 1. The van der Waals surface area contributed by atoms with Crippen molar-refractivity contribution < 1.29 is 4.79 Å². The van der Waals surface area contributed by atoms with Gasteiger partial charge in [-0.1, -0.05) is 17.7 Å². The van der Waals surface area contributed by atoms with Crippen LogP contribution in [-0.4, -0.2) is 26.4 Å². The SMILES string of the molecule is Cc1cc(NC(=O)CCCSc2ccc(Cl)cc2)n(-c2ccccn2)n1. The van der Waals surface area contributed by atoms with E-state index < -0.39 is 0 Å². The quantitative estimate of drug-likeness (QED) is 0.470. The molecule has 3 rings (SSSR count). The Morgan fingerprint density at radius 2 is 2.04 bits per heavy atom. The molecule has 2 heterocycles. The van der Waals surface area contributed by atoms with Crippen molar-refractivity contribution in [2.45, 2.75) is 24.7 Å². The predicted molar refractivity (Wildman–Crippen MR) is 106 cm³/mol. The van der Waals surface area contributed by atoms with Gasteiger partial charge >= 0.3 is 0 Å². The van der Waals surface area contributed by atoms with E-state index in [2.05, 4.69) is 15.4 Å². The summed E-state index contributed by atoms with van der Waals surface area (Å²) in [4.78, 5) is 17.7. The maximum atomic E-state index is 12.3. The Hall–Kier alpha value is -2.31. The minimum Gasteiger partial charge on any atom is -0.311 e. The number of hydrogen-bond acceptors (Lipinski definition) is 4. The zero-order chi connectivity index (χ0) is 18.4. The molecular formula is C19H19ClN4OS. The molecule has 2 aromatic heterocycles. The largest absolute Gasteiger partial charge is 0.311 e. The van der Waals surface area contributed by atoms with Crippen molar-refractivity contribution in [1.82, 2.24) is 14.8 Å². The van der Waals surface area contributed by atoms with Crippen LogP contribution in [0.5, 0.6) is 0 Å². The standard InChI is InChI=1S/C19H19ClN4OS/c1-14-13-18(24(23-14)17-5-2-3-11-21-17)22-19(25)6-4-12-26-16-9-7-15(20)8-10-16/h2-3,5,7-11,13H,4,6,12H2,1H3,(H,22,25). The van der Waals surface area contributed by atoms with Crippen molar-refractivity contribution in [3.05, 3.63) is 65.4 Å². The van der Waals surface area contributed by atoms with Crippen molar-refractivity contribution in [2.75, 3.05) is 11.1 Å². The van der Waals surface area contributed by atoms with Gasteiger partial charge in [-0.25, -0.2) is 4.98 Å². The highest BCUT2D eigenvalue weighted by Crippen LogP contribution is 2.21. The summed E-state index contributed by atoms with van der Waals surface area (Å²) < 4.78 is 1.65. The van der Waals surface area contributed by atoms with Crippen molar-refractivity contribution in [1.29, 1.82) is 0 Å². The van der Waals surface area contributed by atoms with Crippen molar-refractivity contribution in [3.8, 4) is 5.82 Å². The number of thioether (sulfide) groups is 1. The van der Waals surface area contributed by atoms with E-state index in [-0.39, 0.29) is 5.91 Å². The molecule has 0 fully saturated rings. The van der Waals surface area contributed by atoms with Crippen LogP contribution in [0.2, 0.25) is 5.02 Å². The Kier molecular flexibility index (Phi) is 6.30. The Labute approximate surface area is 161 Å². The highest BCUT2D eigenvalue weighted by atomic mass is 35.5. The molecule has 1 amide bonds. The maximum absolute atomic E-state index is 12.3. The molecular weight excluding hydrogens is 368 g/mol. The van der Waals surface area contributed by atoms with Crippen LogP contribution in [0.25, 0.3) is 5.82 Å². The zero-order valence-corrected chi connectivity index (χ0v) is 15.9. The second-order valence-electron chi connectivity index (χ2n) is 5.72. The highest BCUT2D eigenvalue weighted by molar-refractivity contribution is 7.99. The summed E-state index contributed by atoms with van der Waals surface area (Å²) in [5.74, 6) is 2.15. The Morgan fingerprint density at radius 1 is 1.23 bits per heavy atom. The first-order chi connectivity index (χ1) is 12.6. The molecule has 5 nitrogen and oxygen atoms in total. The maximum Gasteiger partial charge on any atom is 0.225 e. The number of aromatic nitrogens is 3. The third-order valence-electron chi connectivity index (χ3n) is 3.60. The van der Waals surface area contributed by atoms with Gasteiger partial charge < -0.3 is 5.32 Å². The summed E-state index contributed by atoms with van der Waals surface area (Å²) in [6.45, 7) is 1.89. The molecule has 26 heavy (non-hydrogen) atoms. The number of amides is 1. The van der Waals surface area contributed by atoms with Crippen LogP contribution in [0.4, 0.5) is 5.82 Å². The van der Waals surface area contributed by atoms with E-state index in [4.69, 9.17) is 11.6 Å². The Bertz CT molecular complexity index is 865. The van der Waals surface area contributed by atoms with E-state index in [1.165, 1.54) is 0 Å². The molecule has 0 saturated carbocycles. The van der Waals surface area contributed by atoms with Gasteiger partial charge in [-0.05, 0) is 55.5 Å². The molecule has 0 aliphatic heterocycles. The summed E-state index contributed by atoms with van der Waals surface area (Å²) in [6.07, 6.45) is 2.94. The minimum absolute atomic E-state index is 0.0289. The van der Waals surface area contributed by atoms with Crippen LogP contribution in [0.3, 0.4) is 0 Å². The normalized spacial score (nSPS) is 10.7. The molecule has 1 aromatic carbocycles. The number of carbonyl (C=O) groups is 1. The lowest BCUT2D eigenvalue weighted by Crippen LogP contribution is -2.15. The molecule has 0 radical (unpaired) electrons. The molecule has 0 aliphatic rings. The molecule has 0 unspecified atom stereocenters. The van der Waals surface area contributed by atoms with Crippen molar-refractivity contribution in [2.24, 2.45) is 0 Å². The topological polar surface area (TPSA) is 59.8 Å². The van der Waals surface area contributed by atoms with Gasteiger partial charge in [0.2, 0.25) is 5.91 Å². The first kappa shape index (κ1) is 18.5. The molecule has 0 spiro atoms. The van der Waals surface area contributed by atoms with Crippen LogP contribution in [0.15, 0.2) is 59.6 Å². The van der Waals surface area contributed by atoms with E-state index in [1.54, 1.807) is 22.6 Å². The van der Waals surface area contributed by atoms with E-state index in [1.807, 2.05) is 55.5 Å². The zero-order valence-electron chi connectivity index (χ0n) is 14.4. The fraction of sp³-hybridized carbons (Fsp3) is 0.211. The van der Waals surface area contributed by atoms with Crippen LogP contribution < -0.4 is 5.32 Å². The average molecular weight is 387 g/mol. The van der Waals surface area contributed by atoms with Gasteiger partial charge in [0.05, 0.1) is 5.69 Å². The van der Waals surface area contributed by atoms with Gasteiger partial charge in [0, 0.05) is 28.6 Å². The minimum atomic E-state index is -0.0289. The fourth-order valence-electron chi connectivity index (χ4n) is 2.40. The molecule has 7 heteroatoms. The fourth-order valence-corrected chi connectivity index (χ4v) is 3.38. The number of pyridine rings is 1. The van der Waals surface area contributed by atoms with Crippen LogP contribution in [-0.2, 0) is 4.79 Å². The van der Waals surface area contributed by atoms with E-state index in [0.29, 0.717) is 18.1 Å². The summed E-state index contributed by atoms with van der Waals surface area (Å²) in [5, 5.41) is 8.06. The number of halogens is 1. The van der Waals surface area contributed by atoms with Gasteiger partial charge in [-0.15, -0.1) is 11.8 Å². The summed E-state index contributed by atoms with van der Waals surface area (Å²) in [7, 11) is 0. The number of nitrogens with one attached hydrogen (secondary N) is 1. The van der Waals surface area contributed by atoms with E-state index in [9.17, 15) is 4.79 Å². The third-order valence-corrected chi connectivity index (χ3v) is 4.95. The lowest BCUT2D eigenvalue weighted by Gasteiger charge is -2.08. The molecule has 0 atom stereocenters. The Morgan fingerprint density at radius 3 is 2.77 bits per heavy atom. The number of rotatable bonds is 7. The Balaban J connectivity index is 1.51. The van der Waals surface area contributed by atoms with Gasteiger partial charge in [0.25, 0.3) is 0 Å². The number of benzene rings is 1. The molecule has 0 saturated heterocycles. The first-order valence-corrected chi connectivity index (χ1v) is 9.64. The number of hydrogen-bond donors (Lipinski definition) is 1. The lowest BCUT2D eigenvalue weighted by molar-refractivity contribution is -0.116. The first-order valence-electron chi connectivity index (χ1n) is 8.28. The van der Waals surface area contributed by atoms with Crippen LogP contribution in [0.1, 0.15) is 18.5 Å². The third kappa shape index (κ3) is 5.09. The molecule has 0 bridgehead atoms. The molecule has 0 aliphatic carbocycles. The summed E-state index contributed by atoms with van der Waals surface area (Å²) in [6, 6.07) is 15.1. The van der Waals surface area contributed by atoms with Gasteiger partial charge in [0.15, 0.2) is 5.82 Å². The number of nitrogens with zero attached hydrogens (tertiary/aromatic N) is 3.